The molecule has 1 N–H and O–H groups in total. The molecule has 0 radical (unpaired) electrons. The average molecular weight is 187 g/mol. The number of aliphatic hydroxyl groups is 1. The van der Waals surface area contributed by atoms with Crippen LogP contribution in [-0.2, 0) is 4.79 Å². The van der Waals surface area contributed by atoms with Crippen molar-refractivity contribution in [2.75, 3.05) is 20.2 Å². The largest absolute Gasteiger partial charge is 0.395 e. The predicted octanol–water partition coefficient (Wildman–Crippen LogP) is 1.06. The number of hydrogen-bond acceptors (Lipinski definition) is 3. The van der Waals surface area contributed by atoms with Gasteiger partial charge in [-0.2, -0.15) is 0 Å². The third-order valence-electron chi connectivity index (χ3n) is 2.31. The maximum absolute atomic E-state index is 10.6. The van der Waals surface area contributed by atoms with Crippen molar-refractivity contribution in [3.8, 4) is 0 Å². The molecule has 1 atom stereocenters. The summed E-state index contributed by atoms with van der Waals surface area (Å²) in [6, 6.07) is 0.220. The van der Waals surface area contributed by atoms with Gasteiger partial charge in [0.2, 0.25) is 0 Å². The molecule has 0 saturated carbocycles. The van der Waals surface area contributed by atoms with E-state index in [1.54, 1.807) is 6.92 Å². The van der Waals surface area contributed by atoms with Crippen LogP contribution >= 0.6 is 0 Å². The highest BCUT2D eigenvalue weighted by molar-refractivity contribution is 5.75. The minimum absolute atomic E-state index is 0.198. The van der Waals surface area contributed by atoms with Gasteiger partial charge in [0.15, 0.2) is 0 Å². The second kappa shape index (κ2) is 7.04. The number of hydrogen-bond donors (Lipinski definition) is 1. The molecule has 3 nitrogen and oxygen atoms in total. The summed E-state index contributed by atoms with van der Waals surface area (Å²) < 4.78 is 0. The monoisotopic (exact) mass is 187 g/mol. The highest BCUT2D eigenvalue weighted by atomic mass is 16.3. The van der Waals surface area contributed by atoms with E-state index in [4.69, 9.17) is 5.11 Å². The molecule has 0 heterocycles. The lowest BCUT2D eigenvalue weighted by atomic mass is 10.2. The van der Waals surface area contributed by atoms with E-state index in [9.17, 15) is 4.79 Å². The Morgan fingerprint density at radius 3 is 2.54 bits per heavy atom. The van der Waals surface area contributed by atoms with Crippen molar-refractivity contribution in [3.63, 3.8) is 0 Å². The van der Waals surface area contributed by atoms with Crippen molar-refractivity contribution in [1.82, 2.24) is 4.90 Å². The zero-order valence-corrected chi connectivity index (χ0v) is 8.92. The summed E-state index contributed by atoms with van der Waals surface area (Å²) in [4.78, 5) is 12.7. The average Bonchev–Trinajstić information content (AvgIpc) is 2.10. The molecule has 3 heteroatoms. The Bertz CT molecular complexity index is 148. The van der Waals surface area contributed by atoms with Crippen LogP contribution in [0.3, 0.4) is 0 Å². The number of Topliss-reactive ketones (excluding diaryl/α,β-unsaturated/α-hetero) is 1. The molecule has 0 aromatic rings. The van der Waals surface area contributed by atoms with E-state index < -0.39 is 0 Å². The molecule has 0 aliphatic rings. The van der Waals surface area contributed by atoms with Crippen molar-refractivity contribution in [2.45, 2.75) is 39.2 Å². The number of unbranched alkanes of at least 4 members (excludes halogenated alkanes) is 1. The van der Waals surface area contributed by atoms with Gasteiger partial charge >= 0.3 is 0 Å². The van der Waals surface area contributed by atoms with Gasteiger partial charge in [0, 0.05) is 12.5 Å². The number of likely N-dealkylation sites (N-methyl/N-ethyl adjacent to an activating group) is 1. The van der Waals surface area contributed by atoms with Crippen LogP contribution in [0.15, 0.2) is 0 Å². The maximum Gasteiger partial charge on any atom is 0.129 e. The van der Waals surface area contributed by atoms with Crippen molar-refractivity contribution < 1.29 is 9.90 Å². The van der Waals surface area contributed by atoms with Gasteiger partial charge in [-0.3, -0.25) is 0 Å². The number of ketones is 1. The van der Waals surface area contributed by atoms with E-state index >= 15 is 0 Å². The standard InChI is InChI=1S/C10H21NO2/c1-9(8-12)11(3)7-5-4-6-10(2)13/h9,12H,4-8H2,1-3H3. The lowest BCUT2D eigenvalue weighted by Gasteiger charge is -2.22. The first-order chi connectivity index (χ1) is 6.07. The fourth-order valence-corrected chi connectivity index (χ4v) is 1.09. The molecule has 1 unspecified atom stereocenters. The van der Waals surface area contributed by atoms with E-state index in [0.29, 0.717) is 6.42 Å². The Morgan fingerprint density at radius 1 is 1.46 bits per heavy atom. The van der Waals surface area contributed by atoms with E-state index in [0.717, 1.165) is 19.4 Å². The van der Waals surface area contributed by atoms with Crippen molar-refractivity contribution in [3.05, 3.63) is 0 Å². The minimum Gasteiger partial charge on any atom is -0.395 e. The topological polar surface area (TPSA) is 40.5 Å². The molecular weight excluding hydrogens is 166 g/mol. The van der Waals surface area contributed by atoms with Gasteiger partial charge in [-0.1, -0.05) is 0 Å². The SMILES string of the molecule is CC(=O)CCCCN(C)C(C)CO. The first-order valence-corrected chi connectivity index (χ1v) is 4.88. The van der Waals surface area contributed by atoms with Crippen molar-refractivity contribution in [2.24, 2.45) is 0 Å². The van der Waals surface area contributed by atoms with E-state index in [1.807, 2.05) is 14.0 Å². The number of nitrogens with zero attached hydrogens (tertiary/aromatic N) is 1. The van der Waals surface area contributed by atoms with Crippen molar-refractivity contribution in [1.29, 1.82) is 0 Å². The van der Waals surface area contributed by atoms with Gasteiger partial charge in [0.1, 0.15) is 5.78 Å². The number of carbonyl (C=O) groups excluding carboxylic acids is 1. The van der Waals surface area contributed by atoms with Gasteiger partial charge in [0.25, 0.3) is 0 Å². The van der Waals surface area contributed by atoms with Crippen LogP contribution in [-0.4, -0.2) is 42.0 Å². The van der Waals surface area contributed by atoms with Crippen LogP contribution in [0.2, 0.25) is 0 Å². The lowest BCUT2D eigenvalue weighted by molar-refractivity contribution is -0.117. The van der Waals surface area contributed by atoms with Crippen LogP contribution < -0.4 is 0 Å². The number of carbonyl (C=O) groups is 1. The first-order valence-electron chi connectivity index (χ1n) is 4.88. The highest BCUT2D eigenvalue weighted by Crippen LogP contribution is 2.01. The zero-order valence-electron chi connectivity index (χ0n) is 8.92. The number of aliphatic hydroxyl groups excluding tert-OH is 1. The Kier molecular flexibility index (Phi) is 6.82. The van der Waals surface area contributed by atoms with Gasteiger partial charge < -0.3 is 14.8 Å². The second-order valence-corrected chi connectivity index (χ2v) is 3.67. The molecule has 0 saturated heterocycles. The normalized spacial score (nSPS) is 13.3. The summed E-state index contributed by atoms with van der Waals surface area (Å²) in [5, 5.41) is 8.85. The van der Waals surface area contributed by atoms with Gasteiger partial charge in [-0.15, -0.1) is 0 Å². The molecule has 0 fully saturated rings. The quantitative estimate of drug-likeness (QED) is 0.606. The first kappa shape index (κ1) is 12.6. The Hall–Kier alpha value is -0.410. The molecule has 0 amide bonds. The van der Waals surface area contributed by atoms with E-state index in [2.05, 4.69) is 4.90 Å². The summed E-state index contributed by atoms with van der Waals surface area (Å²) in [7, 11) is 1.99. The Morgan fingerprint density at radius 2 is 2.08 bits per heavy atom. The van der Waals surface area contributed by atoms with Gasteiger partial charge in [0.05, 0.1) is 6.61 Å². The molecule has 78 valence electrons. The molecule has 0 aliphatic carbocycles. The predicted molar refractivity (Wildman–Crippen MR) is 53.7 cm³/mol. The Labute approximate surface area is 80.7 Å². The summed E-state index contributed by atoms with van der Waals surface area (Å²) in [5.74, 6) is 0.262. The van der Waals surface area contributed by atoms with Crippen LogP contribution in [0.4, 0.5) is 0 Å². The second-order valence-electron chi connectivity index (χ2n) is 3.67. The van der Waals surface area contributed by atoms with E-state index in [1.165, 1.54) is 0 Å². The van der Waals surface area contributed by atoms with Crippen LogP contribution in [0.25, 0.3) is 0 Å². The molecule has 0 aromatic heterocycles. The van der Waals surface area contributed by atoms with Gasteiger partial charge in [-0.05, 0) is 40.3 Å². The zero-order chi connectivity index (χ0) is 10.3. The van der Waals surface area contributed by atoms with Crippen LogP contribution in [0.1, 0.15) is 33.1 Å². The fraction of sp³-hybridized carbons (Fsp3) is 0.900. The van der Waals surface area contributed by atoms with E-state index in [-0.39, 0.29) is 18.4 Å². The third kappa shape index (κ3) is 6.72. The minimum atomic E-state index is 0.198. The fourth-order valence-electron chi connectivity index (χ4n) is 1.09. The lowest BCUT2D eigenvalue weighted by Crippen LogP contribution is -2.32. The molecule has 0 aliphatic heterocycles. The molecule has 13 heavy (non-hydrogen) atoms. The molecule has 0 spiro atoms. The summed E-state index contributed by atoms with van der Waals surface area (Å²) in [6.07, 6.45) is 2.67. The number of rotatable bonds is 7. The molecule has 0 rings (SSSR count). The smallest absolute Gasteiger partial charge is 0.129 e. The van der Waals surface area contributed by atoms with Crippen LogP contribution in [0, 0.1) is 0 Å². The molecular formula is C10H21NO2. The molecule has 0 bridgehead atoms. The summed E-state index contributed by atoms with van der Waals surface area (Å²) in [5.41, 5.74) is 0. The molecule has 0 aromatic carbocycles. The third-order valence-corrected chi connectivity index (χ3v) is 2.31. The van der Waals surface area contributed by atoms with Crippen molar-refractivity contribution >= 4 is 5.78 Å². The summed E-state index contributed by atoms with van der Waals surface area (Å²) >= 11 is 0. The highest BCUT2D eigenvalue weighted by Gasteiger charge is 2.06. The van der Waals surface area contributed by atoms with Gasteiger partial charge in [-0.25, -0.2) is 0 Å². The Balaban J connectivity index is 3.36. The maximum atomic E-state index is 10.6. The van der Waals surface area contributed by atoms with Crippen LogP contribution in [0.5, 0.6) is 0 Å². The summed E-state index contributed by atoms with van der Waals surface area (Å²) in [6.45, 7) is 4.77.